The molecule has 1 saturated carbocycles. The van der Waals surface area contributed by atoms with Crippen LogP contribution in [0.25, 0.3) is 0 Å². The van der Waals surface area contributed by atoms with E-state index in [4.69, 9.17) is 11.6 Å². The van der Waals surface area contributed by atoms with Crippen LogP contribution in [0.3, 0.4) is 0 Å². The normalized spacial score (nSPS) is 20.5. The van der Waals surface area contributed by atoms with Crippen LogP contribution in [0, 0.1) is 36.5 Å². The zero-order valence-corrected chi connectivity index (χ0v) is 22.0. The third-order valence-electron chi connectivity index (χ3n) is 7.28. The van der Waals surface area contributed by atoms with Gasteiger partial charge in [0.05, 0.1) is 17.3 Å². The molecule has 1 N–H and O–H groups in total. The number of amides is 2. The molecule has 3 aromatic rings. The fraction of sp³-hybridized carbons (Fsp3) is 0.379. The van der Waals surface area contributed by atoms with E-state index >= 15 is 0 Å². The number of likely N-dealkylation sites (tertiary alicyclic amines) is 1. The van der Waals surface area contributed by atoms with Crippen molar-refractivity contribution < 1.29 is 9.59 Å². The number of hydrogen-bond acceptors (Lipinski definition) is 4. The highest BCUT2D eigenvalue weighted by Crippen LogP contribution is 2.44. The summed E-state index contributed by atoms with van der Waals surface area (Å²) in [4.78, 5) is 32.2. The van der Waals surface area contributed by atoms with Crippen LogP contribution in [-0.2, 0) is 4.79 Å². The van der Waals surface area contributed by atoms with E-state index in [2.05, 4.69) is 27.2 Å². The minimum atomic E-state index is -0.338. The molecule has 0 radical (unpaired) electrons. The van der Waals surface area contributed by atoms with Crippen LogP contribution in [0.4, 0.5) is 5.82 Å². The molecule has 7 nitrogen and oxygen atoms in total. The Balaban J connectivity index is 1.27. The molecule has 37 heavy (non-hydrogen) atoms. The number of aromatic nitrogens is 3. The van der Waals surface area contributed by atoms with E-state index in [1.54, 1.807) is 10.9 Å². The molecule has 1 aliphatic heterocycles. The lowest BCUT2D eigenvalue weighted by molar-refractivity contribution is -0.133. The summed E-state index contributed by atoms with van der Waals surface area (Å²) < 4.78 is 1.76. The van der Waals surface area contributed by atoms with Gasteiger partial charge < -0.3 is 10.2 Å². The van der Waals surface area contributed by atoms with Gasteiger partial charge in [-0.25, -0.2) is 4.98 Å². The molecule has 0 bridgehead atoms. The van der Waals surface area contributed by atoms with E-state index < -0.39 is 0 Å². The third kappa shape index (κ3) is 5.26. The van der Waals surface area contributed by atoms with Crippen molar-refractivity contribution in [3.05, 3.63) is 76.2 Å². The molecule has 3 heterocycles. The zero-order chi connectivity index (χ0) is 26.1. The van der Waals surface area contributed by atoms with E-state index in [-0.39, 0.29) is 23.8 Å². The Kier molecular flexibility index (Phi) is 7.03. The topological polar surface area (TPSA) is 80.1 Å². The molecule has 1 aromatic carbocycles. The molecular weight excluding hydrogens is 486 g/mol. The van der Waals surface area contributed by atoms with Gasteiger partial charge in [-0.2, -0.15) is 5.10 Å². The quantitative estimate of drug-likeness (QED) is 0.498. The monoisotopic (exact) mass is 515 g/mol. The van der Waals surface area contributed by atoms with Crippen molar-refractivity contribution in [2.75, 3.05) is 18.4 Å². The van der Waals surface area contributed by atoms with Crippen molar-refractivity contribution >= 4 is 29.2 Å². The molecule has 2 aliphatic rings. The number of hydrogen-bond donors (Lipinski definition) is 1. The maximum atomic E-state index is 13.3. The highest BCUT2D eigenvalue weighted by molar-refractivity contribution is 6.34. The lowest BCUT2D eigenvalue weighted by Crippen LogP contribution is -2.33. The van der Waals surface area contributed by atoms with Gasteiger partial charge in [-0.05, 0) is 55.4 Å². The van der Waals surface area contributed by atoms with E-state index in [0.717, 1.165) is 42.6 Å². The third-order valence-corrected chi connectivity index (χ3v) is 7.56. The minimum absolute atomic E-state index is 0.0110. The average Bonchev–Trinajstić information content (AvgIpc) is 3.57. The molecular formula is C29H30ClN5O2. The minimum Gasteiger partial charge on any atom is -0.342 e. The first-order valence-electron chi connectivity index (χ1n) is 12.7. The molecule has 1 saturated heterocycles. The van der Waals surface area contributed by atoms with Crippen LogP contribution in [-0.4, -0.2) is 44.6 Å². The molecule has 2 aromatic heterocycles. The lowest BCUT2D eigenvalue weighted by Gasteiger charge is -2.22. The zero-order valence-electron chi connectivity index (χ0n) is 21.2. The second-order valence-electron chi connectivity index (χ2n) is 10.3. The highest BCUT2D eigenvalue weighted by atomic mass is 35.5. The average molecular weight is 516 g/mol. The van der Waals surface area contributed by atoms with Crippen LogP contribution < -0.4 is 5.32 Å². The van der Waals surface area contributed by atoms with Crippen molar-refractivity contribution in [2.45, 2.75) is 39.7 Å². The number of rotatable bonds is 4. The molecule has 8 heteroatoms. The van der Waals surface area contributed by atoms with Gasteiger partial charge in [-0.1, -0.05) is 55.5 Å². The largest absolute Gasteiger partial charge is 0.342 e. The Morgan fingerprint density at radius 1 is 1.05 bits per heavy atom. The highest BCUT2D eigenvalue weighted by Gasteiger charge is 2.44. The van der Waals surface area contributed by atoms with Gasteiger partial charge in [0.1, 0.15) is 11.5 Å². The van der Waals surface area contributed by atoms with Crippen LogP contribution in [0.1, 0.15) is 59.9 Å². The van der Waals surface area contributed by atoms with Gasteiger partial charge in [-0.3, -0.25) is 14.3 Å². The van der Waals surface area contributed by atoms with Gasteiger partial charge in [0.2, 0.25) is 5.91 Å². The lowest BCUT2D eigenvalue weighted by atomic mass is 10.0. The van der Waals surface area contributed by atoms with Crippen molar-refractivity contribution in [1.29, 1.82) is 0 Å². The number of fused-ring (bicyclic) bond motifs is 1. The summed E-state index contributed by atoms with van der Waals surface area (Å²) in [5, 5.41) is 7.69. The Morgan fingerprint density at radius 2 is 1.73 bits per heavy atom. The molecule has 1 aliphatic carbocycles. The van der Waals surface area contributed by atoms with E-state index in [0.29, 0.717) is 28.4 Å². The Bertz CT molecular complexity index is 1370. The first-order chi connectivity index (χ1) is 17.8. The van der Waals surface area contributed by atoms with Gasteiger partial charge in [0, 0.05) is 36.3 Å². The number of halogens is 1. The maximum absolute atomic E-state index is 13.3. The maximum Gasteiger partial charge on any atom is 0.276 e. The Labute approximate surface area is 222 Å². The Morgan fingerprint density at radius 3 is 2.38 bits per heavy atom. The number of benzene rings is 1. The first-order valence-corrected chi connectivity index (χ1v) is 13.0. The van der Waals surface area contributed by atoms with Gasteiger partial charge in [-0.15, -0.1) is 0 Å². The fourth-order valence-electron chi connectivity index (χ4n) is 5.45. The molecule has 3 atom stereocenters. The standard InChI is InChI=1S/C29H30ClN5O2/c1-18(2)29(37)34-16-22-12-24(13-23(22)17-34)35-26(25(30)15-32-35)28(36)33-27-19(3)11-21(14-31-27)10-9-20-7-5-4-6-8-20/h4-8,11,14-15,18,22-24H,12-13,16-17H2,1-3H3,(H,31,33,36)/t22-,23+,24?. The summed E-state index contributed by atoms with van der Waals surface area (Å²) >= 11 is 6.43. The summed E-state index contributed by atoms with van der Waals surface area (Å²) in [6.45, 7) is 7.32. The van der Waals surface area contributed by atoms with Gasteiger partial charge in [0.15, 0.2) is 0 Å². The first kappa shape index (κ1) is 25.0. The molecule has 5 rings (SSSR count). The number of pyridine rings is 1. The van der Waals surface area contributed by atoms with E-state index in [1.165, 1.54) is 6.20 Å². The summed E-state index contributed by atoms with van der Waals surface area (Å²) in [5.41, 5.74) is 2.84. The van der Waals surface area contributed by atoms with Crippen molar-refractivity contribution in [1.82, 2.24) is 19.7 Å². The van der Waals surface area contributed by atoms with Crippen molar-refractivity contribution in [3.8, 4) is 11.8 Å². The van der Waals surface area contributed by atoms with Gasteiger partial charge >= 0.3 is 0 Å². The van der Waals surface area contributed by atoms with Crippen molar-refractivity contribution in [2.24, 2.45) is 17.8 Å². The number of nitrogens with one attached hydrogen (secondary N) is 1. The molecule has 2 fully saturated rings. The number of carbonyl (C=O) groups excluding carboxylic acids is 2. The van der Waals surface area contributed by atoms with Crippen LogP contribution >= 0.6 is 11.6 Å². The molecule has 1 unspecified atom stereocenters. The summed E-state index contributed by atoms with van der Waals surface area (Å²) in [6.07, 6.45) is 4.93. The predicted molar refractivity (Wildman–Crippen MR) is 143 cm³/mol. The second kappa shape index (κ2) is 10.4. The van der Waals surface area contributed by atoms with E-state index in [9.17, 15) is 9.59 Å². The molecule has 0 spiro atoms. The smallest absolute Gasteiger partial charge is 0.276 e. The predicted octanol–water partition coefficient (Wildman–Crippen LogP) is 4.96. The molecule has 190 valence electrons. The van der Waals surface area contributed by atoms with Crippen LogP contribution in [0.2, 0.25) is 5.02 Å². The summed E-state index contributed by atoms with van der Waals surface area (Å²) in [7, 11) is 0. The fourth-order valence-corrected chi connectivity index (χ4v) is 5.67. The number of aryl methyl sites for hydroxylation is 1. The van der Waals surface area contributed by atoms with Crippen LogP contribution in [0.15, 0.2) is 48.8 Å². The summed E-state index contributed by atoms with van der Waals surface area (Å²) in [5.74, 6) is 7.42. The number of anilines is 1. The van der Waals surface area contributed by atoms with Crippen LogP contribution in [0.5, 0.6) is 0 Å². The second-order valence-corrected chi connectivity index (χ2v) is 10.7. The van der Waals surface area contributed by atoms with Gasteiger partial charge in [0.25, 0.3) is 5.91 Å². The summed E-state index contributed by atoms with van der Waals surface area (Å²) in [6, 6.07) is 11.7. The number of carbonyl (C=O) groups is 2. The Hall–Kier alpha value is -3.63. The SMILES string of the molecule is Cc1cc(C#Cc2ccccc2)cnc1NC(=O)c1c(Cl)cnn1C1C[C@@H]2CN(C(=O)C(C)C)C[C@@H]2C1. The van der Waals surface area contributed by atoms with Crippen molar-refractivity contribution in [3.63, 3.8) is 0 Å². The molecule has 2 amide bonds. The number of nitrogens with zero attached hydrogens (tertiary/aromatic N) is 4. The van der Waals surface area contributed by atoms with E-state index in [1.807, 2.05) is 62.1 Å².